The van der Waals surface area contributed by atoms with Crippen LogP contribution in [0.3, 0.4) is 0 Å². The summed E-state index contributed by atoms with van der Waals surface area (Å²) in [6.07, 6.45) is 3.50. The summed E-state index contributed by atoms with van der Waals surface area (Å²) in [5.41, 5.74) is 9.17. The number of hydrogen-bond donors (Lipinski definition) is 5. The number of aryl methyl sites for hydroxylation is 1. The number of rotatable bonds is 14. The van der Waals surface area contributed by atoms with Gasteiger partial charge in [-0.15, -0.1) is 0 Å². The van der Waals surface area contributed by atoms with Crippen LogP contribution >= 0.6 is 0 Å². The van der Waals surface area contributed by atoms with E-state index in [9.17, 15) is 27.3 Å². The quantitative estimate of drug-likeness (QED) is 0.0748. The van der Waals surface area contributed by atoms with Crippen LogP contribution in [0.2, 0.25) is 0 Å². The van der Waals surface area contributed by atoms with Crippen LogP contribution in [0.5, 0.6) is 11.5 Å². The number of pyridine rings is 1. The highest BCUT2D eigenvalue weighted by Gasteiger charge is 2.15. The van der Waals surface area contributed by atoms with E-state index in [-0.39, 0.29) is 34.6 Å². The third-order valence-electron chi connectivity index (χ3n) is 6.59. The Hall–Kier alpha value is -4.52. The van der Waals surface area contributed by atoms with Gasteiger partial charge in [0.2, 0.25) is 0 Å². The van der Waals surface area contributed by atoms with Gasteiger partial charge in [-0.1, -0.05) is 37.3 Å². The zero-order valence-electron chi connectivity index (χ0n) is 23.5. The highest BCUT2D eigenvalue weighted by molar-refractivity contribution is 7.85. The molecule has 0 aliphatic rings. The third kappa shape index (κ3) is 8.74. The number of aromatic hydroxyl groups is 1. The molecule has 0 unspecified atom stereocenters. The lowest BCUT2D eigenvalue weighted by molar-refractivity contribution is 0.0947. The number of carbonyl (C=O) groups excluding carboxylic acids is 1. The van der Waals surface area contributed by atoms with Crippen molar-refractivity contribution in [2.24, 2.45) is 0 Å². The molecule has 226 valence electrons. The van der Waals surface area contributed by atoms with Crippen LogP contribution in [0.25, 0.3) is 11.1 Å². The second-order valence-corrected chi connectivity index (χ2v) is 11.0. The third-order valence-corrected chi connectivity index (χ3v) is 7.54. The Morgan fingerprint density at radius 3 is 2.47 bits per heavy atom. The fourth-order valence-electron chi connectivity index (χ4n) is 4.33. The Morgan fingerprint density at radius 1 is 1.00 bits per heavy atom. The first kappa shape index (κ1) is 31.4. The van der Waals surface area contributed by atoms with E-state index in [0.717, 1.165) is 5.56 Å². The highest BCUT2D eigenvalue weighted by Crippen LogP contribution is 2.36. The Balaban J connectivity index is 1.18. The first-order valence-corrected chi connectivity index (χ1v) is 15.1. The number of benzene rings is 3. The number of hydrogen-bond acceptors (Lipinski definition) is 8. The van der Waals surface area contributed by atoms with Crippen molar-refractivity contribution in [1.82, 2.24) is 15.7 Å². The number of nitrogens with zero attached hydrogens (tertiary/aromatic N) is 1. The molecule has 1 heterocycles. The van der Waals surface area contributed by atoms with Crippen LogP contribution in [0, 0.1) is 5.82 Å². The van der Waals surface area contributed by atoms with E-state index in [1.54, 1.807) is 42.5 Å². The topological polar surface area (TPSA) is 150 Å². The fourth-order valence-corrected chi connectivity index (χ4v) is 5.05. The molecule has 0 saturated carbocycles. The van der Waals surface area contributed by atoms with E-state index in [0.29, 0.717) is 60.5 Å². The van der Waals surface area contributed by atoms with Crippen molar-refractivity contribution in [1.29, 1.82) is 0 Å². The Kier molecular flexibility index (Phi) is 10.7. The highest BCUT2D eigenvalue weighted by atomic mass is 32.2. The van der Waals surface area contributed by atoms with Crippen LogP contribution in [0.1, 0.15) is 41.4 Å². The number of aromatic nitrogens is 1. The number of phenols is 1. The van der Waals surface area contributed by atoms with E-state index in [4.69, 9.17) is 4.74 Å². The minimum absolute atomic E-state index is 0.0538. The van der Waals surface area contributed by atoms with Crippen LogP contribution in [-0.4, -0.2) is 42.1 Å². The summed E-state index contributed by atoms with van der Waals surface area (Å²) in [5.74, 6) is -0.0210. The van der Waals surface area contributed by atoms with E-state index in [1.807, 2.05) is 13.0 Å². The monoisotopic (exact) mass is 608 g/mol. The van der Waals surface area contributed by atoms with E-state index in [1.165, 1.54) is 30.5 Å². The number of phenolic OH excluding ortho intramolecular Hbond substituents is 1. The molecule has 4 aromatic rings. The van der Waals surface area contributed by atoms with Crippen LogP contribution < -0.4 is 20.9 Å². The number of anilines is 1. The normalized spacial score (nSPS) is 11.2. The summed E-state index contributed by atoms with van der Waals surface area (Å²) in [7, 11) is -4.34. The van der Waals surface area contributed by atoms with Crippen molar-refractivity contribution in [2.45, 2.75) is 37.6 Å². The standard InChI is InChI=1S/C31H33FN4O6S/c1-2-21-17-26(22-9-11-24(32)12-10-22)28(37)18-29(21)42-16-6-5-15-33-31(38)27-14-13-25(20-34-27)36-35-19-23-7-3-4-8-30(23)43(39,40)41/h3-4,7-14,17-18,20,35-37H,2,5-6,15-16,19H2,1H3,(H,33,38)(H,39,40,41). The molecule has 0 saturated heterocycles. The van der Waals surface area contributed by atoms with Gasteiger partial charge in [-0.05, 0) is 72.4 Å². The second kappa shape index (κ2) is 14.6. The van der Waals surface area contributed by atoms with Crippen LogP contribution in [-0.2, 0) is 23.1 Å². The zero-order valence-corrected chi connectivity index (χ0v) is 24.3. The van der Waals surface area contributed by atoms with Gasteiger partial charge < -0.3 is 20.6 Å². The van der Waals surface area contributed by atoms with Gasteiger partial charge in [0.25, 0.3) is 16.0 Å². The summed E-state index contributed by atoms with van der Waals surface area (Å²) in [4.78, 5) is 16.4. The second-order valence-electron chi connectivity index (χ2n) is 9.64. The first-order valence-electron chi connectivity index (χ1n) is 13.7. The Morgan fingerprint density at radius 2 is 1.77 bits per heavy atom. The van der Waals surface area contributed by atoms with Gasteiger partial charge in [0.15, 0.2) is 0 Å². The van der Waals surface area contributed by atoms with Gasteiger partial charge in [-0.2, -0.15) is 8.42 Å². The van der Waals surface area contributed by atoms with Gasteiger partial charge in [-0.3, -0.25) is 9.35 Å². The number of amides is 1. The predicted molar refractivity (Wildman–Crippen MR) is 161 cm³/mol. The first-order chi connectivity index (χ1) is 20.7. The molecule has 0 spiro atoms. The lowest BCUT2D eigenvalue weighted by Crippen LogP contribution is -2.26. The molecule has 10 nitrogen and oxygen atoms in total. The fraction of sp³-hybridized carbons (Fsp3) is 0.226. The minimum atomic E-state index is -4.34. The lowest BCUT2D eigenvalue weighted by Gasteiger charge is -2.14. The molecule has 3 aromatic carbocycles. The number of hydrazine groups is 1. The average Bonchev–Trinajstić information content (AvgIpc) is 2.99. The molecule has 0 aliphatic carbocycles. The van der Waals surface area contributed by atoms with Gasteiger partial charge >= 0.3 is 0 Å². The molecule has 0 bridgehead atoms. The number of ether oxygens (including phenoxy) is 1. The molecule has 0 fully saturated rings. The van der Waals surface area contributed by atoms with Crippen molar-refractivity contribution in [3.8, 4) is 22.6 Å². The van der Waals surface area contributed by atoms with Gasteiger partial charge in [0.05, 0.1) is 23.4 Å². The largest absolute Gasteiger partial charge is 0.507 e. The number of carbonyl (C=O) groups is 1. The summed E-state index contributed by atoms with van der Waals surface area (Å²) in [6.45, 7) is 2.93. The lowest BCUT2D eigenvalue weighted by atomic mass is 10.00. The molecule has 0 radical (unpaired) electrons. The molecule has 1 amide bonds. The molecule has 5 N–H and O–H groups in total. The van der Waals surface area contributed by atoms with Gasteiger partial charge in [0, 0.05) is 24.7 Å². The molecule has 0 aliphatic heterocycles. The average molecular weight is 609 g/mol. The molecule has 43 heavy (non-hydrogen) atoms. The maximum Gasteiger partial charge on any atom is 0.294 e. The van der Waals surface area contributed by atoms with Crippen molar-refractivity contribution in [3.63, 3.8) is 0 Å². The molecule has 4 rings (SSSR count). The smallest absolute Gasteiger partial charge is 0.294 e. The molecular formula is C31H33FN4O6S. The number of halogens is 1. The predicted octanol–water partition coefficient (Wildman–Crippen LogP) is 5.11. The summed E-state index contributed by atoms with van der Waals surface area (Å²) < 4.78 is 51.5. The van der Waals surface area contributed by atoms with E-state index >= 15 is 0 Å². The maximum atomic E-state index is 13.3. The molecule has 12 heteroatoms. The zero-order chi connectivity index (χ0) is 30.8. The van der Waals surface area contributed by atoms with E-state index < -0.39 is 10.1 Å². The van der Waals surface area contributed by atoms with Crippen LogP contribution in [0.15, 0.2) is 83.9 Å². The van der Waals surface area contributed by atoms with Crippen LogP contribution in [0.4, 0.5) is 10.1 Å². The summed E-state index contributed by atoms with van der Waals surface area (Å²) in [6, 6.07) is 18.7. The van der Waals surface area contributed by atoms with Crippen molar-refractivity contribution >= 4 is 21.7 Å². The summed E-state index contributed by atoms with van der Waals surface area (Å²) >= 11 is 0. The number of nitrogens with one attached hydrogen (secondary N) is 3. The van der Waals surface area contributed by atoms with E-state index in [2.05, 4.69) is 21.2 Å². The summed E-state index contributed by atoms with van der Waals surface area (Å²) in [5, 5.41) is 13.3. The number of unbranched alkanes of at least 4 members (excludes halogenated alkanes) is 1. The molecule has 1 aromatic heterocycles. The van der Waals surface area contributed by atoms with Gasteiger partial charge in [0.1, 0.15) is 23.0 Å². The van der Waals surface area contributed by atoms with Crippen molar-refractivity contribution in [2.75, 3.05) is 18.6 Å². The Labute approximate surface area is 249 Å². The SMILES string of the molecule is CCc1cc(-c2ccc(F)cc2)c(O)cc1OCCCCNC(=O)c1ccc(NNCc2ccccc2S(=O)(=O)O)cn1. The van der Waals surface area contributed by atoms with Crippen molar-refractivity contribution in [3.05, 3.63) is 102 Å². The molecule has 0 atom stereocenters. The van der Waals surface area contributed by atoms with Gasteiger partial charge in [-0.25, -0.2) is 14.8 Å². The van der Waals surface area contributed by atoms with Crippen molar-refractivity contribution < 1.29 is 32.0 Å². The molecular weight excluding hydrogens is 575 g/mol. The Bertz CT molecular complexity index is 1650. The maximum absolute atomic E-state index is 13.3. The minimum Gasteiger partial charge on any atom is -0.507 e.